The normalized spacial score (nSPS) is 16.9. The van der Waals surface area contributed by atoms with E-state index in [0.717, 1.165) is 55.1 Å². The first-order valence-electron chi connectivity index (χ1n) is 9.20. The van der Waals surface area contributed by atoms with Gasteiger partial charge in [-0.15, -0.1) is 11.3 Å². The first-order chi connectivity index (χ1) is 12.6. The maximum absolute atomic E-state index is 12.6. The Labute approximate surface area is 157 Å². The number of aryl methyl sites for hydroxylation is 3. The highest BCUT2D eigenvalue weighted by atomic mass is 32.1. The number of carbonyl (C=O) groups is 1. The van der Waals surface area contributed by atoms with Gasteiger partial charge in [-0.2, -0.15) is 0 Å². The summed E-state index contributed by atoms with van der Waals surface area (Å²) in [5, 5.41) is 1.24. The Kier molecular flexibility index (Phi) is 4.85. The highest BCUT2D eigenvalue weighted by Gasteiger charge is 2.26. The molecule has 0 saturated carbocycles. The van der Waals surface area contributed by atoms with Crippen LogP contribution in [0.15, 0.2) is 18.2 Å². The lowest BCUT2D eigenvalue weighted by atomic mass is 9.97. The number of aromatic nitrogens is 1. The molecule has 0 spiro atoms. The summed E-state index contributed by atoms with van der Waals surface area (Å²) in [5.74, 6) is 2.32. The summed E-state index contributed by atoms with van der Waals surface area (Å²) in [6.45, 7) is 6.16. The van der Waals surface area contributed by atoms with Crippen molar-refractivity contribution in [3.63, 3.8) is 0 Å². The predicted molar refractivity (Wildman–Crippen MR) is 101 cm³/mol. The molecule has 2 aromatic rings. The highest BCUT2D eigenvalue weighted by Crippen LogP contribution is 2.34. The van der Waals surface area contributed by atoms with Gasteiger partial charge in [0.25, 0.3) is 0 Å². The predicted octanol–water partition coefficient (Wildman–Crippen LogP) is 3.83. The summed E-state index contributed by atoms with van der Waals surface area (Å²) in [7, 11) is 0. The largest absolute Gasteiger partial charge is 0.454 e. The Morgan fingerprint density at radius 2 is 2.00 bits per heavy atom. The molecule has 5 nitrogen and oxygen atoms in total. The van der Waals surface area contributed by atoms with Crippen LogP contribution in [0.3, 0.4) is 0 Å². The van der Waals surface area contributed by atoms with Crippen LogP contribution in [0.1, 0.15) is 46.3 Å². The van der Waals surface area contributed by atoms with Crippen molar-refractivity contribution >= 4 is 17.2 Å². The average Bonchev–Trinajstić information content (AvgIpc) is 3.26. The summed E-state index contributed by atoms with van der Waals surface area (Å²) in [4.78, 5) is 20.6. The molecular formula is C20H24N2O3S. The average molecular weight is 372 g/mol. The minimum Gasteiger partial charge on any atom is -0.454 e. The number of ether oxygens (including phenoxy) is 2. The second-order valence-electron chi connectivity index (χ2n) is 7.04. The van der Waals surface area contributed by atoms with Crippen LogP contribution < -0.4 is 9.47 Å². The number of nitrogens with zero attached hydrogens (tertiary/aromatic N) is 2. The number of rotatable bonds is 4. The molecule has 0 atom stereocenters. The van der Waals surface area contributed by atoms with Gasteiger partial charge < -0.3 is 14.4 Å². The standard InChI is InChI=1S/C20H24N2O3S/c1-13-14(2)26-20(21-13)16-7-9-22(10-8-16)19(23)6-4-15-3-5-17-18(11-15)25-12-24-17/h3,5,11,16H,4,6-10,12H2,1-2H3. The number of carbonyl (C=O) groups excluding carboxylic acids is 1. The van der Waals surface area contributed by atoms with Gasteiger partial charge in [0.2, 0.25) is 12.7 Å². The van der Waals surface area contributed by atoms with Crippen LogP contribution in [0, 0.1) is 13.8 Å². The lowest BCUT2D eigenvalue weighted by molar-refractivity contribution is -0.132. The lowest BCUT2D eigenvalue weighted by Gasteiger charge is -2.31. The molecule has 1 aromatic heterocycles. The Morgan fingerprint density at radius 1 is 1.23 bits per heavy atom. The molecule has 1 amide bonds. The number of piperidine rings is 1. The summed E-state index contributed by atoms with van der Waals surface area (Å²) in [6, 6.07) is 5.92. The van der Waals surface area contributed by atoms with Crippen molar-refractivity contribution < 1.29 is 14.3 Å². The molecule has 1 saturated heterocycles. The van der Waals surface area contributed by atoms with E-state index in [1.165, 1.54) is 9.88 Å². The summed E-state index contributed by atoms with van der Waals surface area (Å²) in [6.07, 6.45) is 3.31. The maximum atomic E-state index is 12.6. The molecule has 0 bridgehead atoms. The Bertz CT molecular complexity index is 790. The van der Waals surface area contributed by atoms with Gasteiger partial charge in [-0.3, -0.25) is 4.79 Å². The molecule has 6 heteroatoms. The quantitative estimate of drug-likeness (QED) is 0.818. The van der Waals surface area contributed by atoms with E-state index in [2.05, 4.69) is 13.8 Å². The Hall–Kier alpha value is -2.08. The zero-order valence-electron chi connectivity index (χ0n) is 15.3. The van der Waals surface area contributed by atoms with E-state index in [9.17, 15) is 4.79 Å². The van der Waals surface area contributed by atoms with Crippen molar-refractivity contribution in [1.82, 2.24) is 9.88 Å². The number of amides is 1. The maximum Gasteiger partial charge on any atom is 0.231 e. The van der Waals surface area contributed by atoms with Crippen molar-refractivity contribution in [2.75, 3.05) is 19.9 Å². The second kappa shape index (κ2) is 7.27. The molecule has 0 radical (unpaired) electrons. The van der Waals surface area contributed by atoms with Gasteiger partial charge in [-0.25, -0.2) is 4.98 Å². The van der Waals surface area contributed by atoms with E-state index < -0.39 is 0 Å². The first-order valence-corrected chi connectivity index (χ1v) is 10.0. The fourth-order valence-electron chi connectivity index (χ4n) is 3.55. The van der Waals surface area contributed by atoms with E-state index in [1.807, 2.05) is 34.4 Å². The van der Waals surface area contributed by atoms with Crippen LogP contribution in [0.5, 0.6) is 11.5 Å². The van der Waals surface area contributed by atoms with Gasteiger partial charge in [-0.1, -0.05) is 6.07 Å². The smallest absolute Gasteiger partial charge is 0.231 e. The zero-order valence-corrected chi connectivity index (χ0v) is 16.1. The van der Waals surface area contributed by atoms with E-state index in [4.69, 9.17) is 14.5 Å². The van der Waals surface area contributed by atoms with Gasteiger partial charge in [0, 0.05) is 30.3 Å². The molecular weight excluding hydrogens is 348 g/mol. The third-order valence-electron chi connectivity index (χ3n) is 5.31. The Morgan fingerprint density at radius 3 is 2.73 bits per heavy atom. The van der Waals surface area contributed by atoms with Crippen LogP contribution in [-0.2, 0) is 11.2 Å². The summed E-state index contributed by atoms with van der Waals surface area (Å²) < 4.78 is 10.7. The SMILES string of the molecule is Cc1nc(C2CCN(C(=O)CCc3ccc4c(c3)OCO4)CC2)sc1C. The van der Waals surface area contributed by atoms with Gasteiger partial charge in [0.15, 0.2) is 11.5 Å². The number of benzene rings is 1. The molecule has 2 aliphatic rings. The minimum atomic E-state index is 0.243. The number of hydrogen-bond donors (Lipinski definition) is 0. The third kappa shape index (κ3) is 3.56. The van der Waals surface area contributed by atoms with E-state index >= 15 is 0 Å². The Balaban J connectivity index is 1.28. The number of thiazole rings is 1. The number of hydrogen-bond acceptors (Lipinski definition) is 5. The van der Waals surface area contributed by atoms with Crippen molar-refractivity contribution in [2.24, 2.45) is 0 Å². The fraction of sp³-hybridized carbons (Fsp3) is 0.500. The lowest BCUT2D eigenvalue weighted by Crippen LogP contribution is -2.38. The van der Waals surface area contributed by atoms with Crippen LogP contribution in [0.4, 0.5) is 0 Å². The molecule has 0 N–H and O–H groups in total. The molecule has 3 heterocycles. The van der Waals surface area contributed by atoms with Crippen molar-refractivity contribution in [3.05, 3.63) is 39.3 Å². The molecule has 0 unspecified atom stereocenters. The third-order valence-corrected chi connectivity index (χ3v) is 6.54. The highest BCUT2D eigenvalue weighted by molar-refractivity contribution is 7.11. The van der Waals surface area contributed by atoms with Crippen molar-refractivity contribution in [3.8, 4) is 11.5 Å². The number of likely N-dealkylation sites (tertiary alicyclic amines) is 1. The molecule has 0 aliphatic carbocycles. The monoisotopic (exact) mass is 372 g/mol. The van der Waals surface area contributed by atoms with Crippen LogP contribution >= 0.6 is 11.3 Å². The van der Waals surface area contributed by atoms with Crippen LogP contribution in [0.25, 0.3) is 0 Å². The van der Waals surface area contributed by atoms with Gasteiger partial charge in [-0.05, 0) is 50.8 Å². The molecule has 26 heavy (non-hydrogen) atoms. The van der Waals surface area contributed by atoms with Crippen LogP contribution in [0.2, 0.25) is 0 Å². The molecule has 138 valence electrons. The minimum absolute atomic E-state index is 0.243. The van der Waals surface area contributed by atoms with Gasteiger partial charge >= 0.3 is 0 Å². The zero-order chi connectivity index (χ0) is 18.1. The molecule has 1 fully saturated rings. The van der Waals surface area contributed by atoms with E-state index in [1.54, 1.807) is 0 Å². The van der Waals surface area contributed by atoms with Gasteiger partial charge in [0.05, 0.1) is 10.7 Å². The summed E-state index contributed by atoms with van der Waals surface area (Å²) in [5.41, 5.74) is 2.26. The van der Waals surface area contributed by atoms with Crippen molar-refractivity contribution in [1.29, 1.82) is 0 Å². The fourth-order valence-corrected chi connectivity index (χ4v) is 4.65. The van der Waals surface area contributed by atoms with E-state index in [0.29, 0.717) is 12.3 Å². The topological polar surface area (TPSA) is 51.7 Å². The second-order valence-corrected chi connectivity index (χ2v) is 8.27. The van der Waals surface area contributed by atoms with Crippen LogP contribution in [-0.4, -0.2) is 35.7 Å². The first kappa shape index (κ1) is 17.3. The number of fused-ring (bicyclic) bond motifs is 1. The van der Waals surface area contributed by atoms with Gasteiger partial charge in [0.1, 0.15) is 0 Å². The van der Waals surface area contributed by atoms with Crippen molar-refractivity contribution in [2.45, 2.75) is 45.4 Å². The molecule has 4 rings (SSSR count). The summed E-state index contributed by atoms with van der Waals surface area (Å²) >= 11 is 1.81. The molecule has 2 aliphatic heterocycles. The van der Waals surface area contributed by atoms with E-state index in [-0.39, 0.29) is 12.7 Å². The molecule has 1 aromatic carbocycles.